The lowest BCUT2D eigenvalue weighted by molar-refractivity contribution is 0.188. The van der Waals surface area contributed by atoms with E-state index in [1.165, 1.54) is 5.57 Å². The van der Waals surface area contributed by atoms with Gasteiger partial charge in [-0.15, -0.1) is 6.58 Å². The molecule has 2 atom stereocenters. The van der Waals surface area contributed by atoms with E-state index in [0.29, 0.717) is 0 Å². The van der Waals surface area contributed by atoms with Gasteiger partial charge in [0.15, 0.2) is 0 Å². The van der Waals surface area contributed by atoms with E-state index in [0.717, 1.165) is 32.1 Å². The average Bonchev–Trinajstić information content (AvgIpc) is 2.33. The van der Waals surface area contributed by atoms with E-state index in [1.807, 2.05) is 0 Å². The van der Waals surface area contributed by atoms with E-state index >= 15 is 0 Å². The Morgan fingerprint density at radius 1 is 1.33 bits per heavy atom. The maximum atomic E-state index is 9.61. The molecule has 0 aromatic rings. The van der Waals surface area contributed by atoms with Gasteiger partial charge in [0.05, 0.1) is 6.10 Å². The van der Waals surface area contributed by atoms with Crippen LogP contribution in [0.5, 0.6) is 0 Å². The van der Waals surface area contributed by atoms with Crippen molar-refractivity contribution < 1.29 is 5.11 Å². The van der Waals surface area contributed by atoms with Crippen LogP contribution in [0.2, 0.25) is 0 Å². The molecule has 0 aliphatic heterocycles. The predicted molar refractivity (Wildman–Crippen MR) is 81.6 cm³/mol. The third kappa shape index (κ3) is 8.30. The van der Waals surface area contributed by atoms with E-state index in [1.54, 1.807) is 6.08 Å². The van der Waals surface area contributed by atoms with Crippen LogP contribution in [0, 0.1) is 5.41 Å². The Bertz CT molecular complexity index is 284. The minimum Gasteiger partial charge on any atom is -0.389 e. The first-order chi connectivity index (χ1) is 8.43. The van der Waals surface area contributed by atoms with E-state index in [2.05, 4.69) is 52.5 Å². The number of aliphatic hydroxyl groups excluding tert-OH is 1. The molecular formula is C17H30O. The summed E-state index contributed by atoms with van der Waals surface area (Å²) in [5, 5.41) is 9.61. The monoisotopic (exact) mass is 250 g/mol. The summed E-state index contributed by atoms with van der Waals surface area (Å²) in [6.07, 6.45) is 13.2. The molecule has 104 valence electrons. The van der Waals surface area contributed by atoms with Crippen LogP contribution >= 0.6 is 0 Å². The van der Waals surface area contributed by atoms with Crippen molar-refractivity contribution in [3.05, 3.63) is 36.5 Å². The van der Waals surface area contributed by atoms with Gasteiger partial charge in [-0.05, 0) is 51.4 Å². The van der Waals surface area contributed by atoms with Crippen molar-refractivity contribution >= 4 is 0 Å². The molecule has 1 N–H and O–H groups in total. The zero-order valence-corrected chi connectivity index (χ0v) is 12.6. The molecule has 0 heterocycles. The van der Waals surface area contributed by atoms with Crippen molar-refractivity contribution in [1.29, 1.82) is 0 Å². The molecule has 0 amide bonds. The fourth-order valence-electron chi connectivity index (χ4n) is 1.98. The van der Waals surface area contributed by atoms with Gasteiger partial charge >= 0.3 is 0 Å². The van der Waals surface area contributed by atoms with Crippen LogP contribution in [0.4, 0.5) is 0 Å². The van der Waals surface area contributed by atoms with Gasteiger partial charge in [0, 0.05) is 0 Å². The number of allylic oxidation sites excluding steroid dienone is 4. The summed E-state index contributed by atoms with van der Waals surface area (Å²) in [7, 11) is 0. The van der Waals surface area contributed by atoms with Crippen molar-refractivity contribution in [2.24, 2.45) is 5.41 Å². The second-order valence-electron chi connectivity index (χ2n) is 5.63. The molecular weight excluding hydrogens is 220 g/mol. The van der Waals surface area contributed by atoms with E-state index < -0.39 is 0 Å². The summed E-state index contributed by atoms with van der Waals surface area (Å²) in [6.45, 7) is 12.4. The summed E-state index contributed by atoms with van der Waals surface area (Å²) in [5.74, 6) is 0. The van der Waals surface area contributed by atoms with E-state index in [9.17, 15) is 5.11 Å². The first-order valence-corrected chi connectivity index (χ1v) is 7.05. The summed E-state index contributed by atoms with van der Waals surface area (Å²) >= 11 is 0. The highest BCUT2D eigenvalue weighted by Crippen LogP contribution is 2.32. The Labute approximate surface area is 113 Å². The van der Waals surface area contributed by atoms with Gasteiger partial charge in [-0.2, -0.15) is 0 Å². The summed E-state index contributed by atoms with van der Waals surface area (Å²) < 4.78 is 0. The Morgan fingerprint density at radius 2 is 2.00 bits per heavy atom. The number of aliphatic hydroxyl groups is 1. The van der Waals surface area contributed by atoms with Gasteiger partial charge < -0.3 is 5.11 Å². The standard InChI is InChI=1S/C17H30O/c1-6-8-12-17(5,13-9-10-15(3)4)14-11-16(18)7-2/h7-8,10,12,16,18H,2,6,9,11,13-14H2,1,3-5H3/b12-8+/t16?,17-/m1/s1. The predicted octanol–water partition coefficient (Wildman–Crippen LogP) is 5.03. The minimum absolute atomic E-state index is 0.186. The smallest absolute Gasteiger partial charge is 0.0718 e. The molecule has 0 saturated heterocycles. The van der Waals surface area contributed by atoms with Gasteiger partial charge in [-0.1, -0.05) is 43.7 Å². The zero-order valence-electron chi connectivity index (χ0n) is 12.6. The molecule has 0 aromatic heterocycles. The van der Waals surface area contributed by atoms with Gasteiger partial charge in [0.2, 0.25) is 0 Å². The van der Waals surface area contributed by atoms with E-state index in [-0.39, 0.29) is 11.5 Å². The van der Waals surface area contributed by atoms with Crippen LogP contribution in [0.1, 0.15) is 59.8 Å². The van der Waals surface area contributed by atoms with Crippen molar-refractivity contribution in [2.45, 2.75) is 65.9 Å². The fourth-order valence-corrected chi connectivity index (χ4v) is 1.98. The molecule has 0 spiro atoms. The normalized spacial score (nSPS) is 16.3. The third-order valence-corrected chi connectivity index (χ3v) is 3.31. The fraction of sp³-hybridized carbons (Fsp3) is 0.647. The van der Waals surface area contributed by atoms with Crippen LogP contribution in [-0.4, -0.2) is 11.2 Å². The highest BCUT2D eigenvalue weighted by Gasteiger charge is 2.20. The number of hydrogen-bond donors (Lipinski definition) is 1. The molecule has 1 nitrogen and oxygen atoms in total. The van der Waals surface area contributed by atoms with Gasteiger partial charge in [-0.3, -0.25) is 0 Å². The average molecular weight is 250 g/mol. The quantitative estimate of drug-likeness (QED) is 0.569. The van der Waals surface area contributed by atoms with Crippen LogP contribution in [0.3, 0.4) is 0 Å². The Morgan fingerprint density at radius 3 is 2.50 bits per heavy atom. The van der Waals surface area contributed by atoms with Crippen molar-refractivity contribution in [2.75, 3.05) is 0 Å². The number of hydrogen-bond acceptors (Lipinski definition) is 1. The van der Waals surface area contributed by atoms with Crippen molar-refractivity contribution in [1.82, 2.24) is 0 Å². The van der Waals surface area contributed by atoms with Gasteiger partial charge in [0.1, 0.15) is 0 Å². The Kier molecular flexibility index (Phi) is 8.74. The number of rotatable bonds is 9. The first kappa shape index (κ1) is 17.2. The largest absolute Gasteiger partial charge is 0.389 e. The highest BCUT2D eigenvalue weighted by molar-refractivity contribution is 5.01. The molecule has 0 rings (SSSR count). The molecule has 0 fully saturated rings. The molecule has 0 aliphatic rings. The molecule has 1 heteroatoms. The molecule has 0 radical (unpaired) electrons. The maximum Gasteiger partial charge on any atom is 0.0718 e. The Balaban J connectivity index is 4.46. The molecule has 0 bridgehead atoms. The summed E-state index contributed by atoms with van der Waals surface area (Å²) in [6, 6.07) is 0. The Hall–Kier alpha value is -0.820. The lowest BCUT2D eigenvalue weighted by Gasteiger charge is -2.26. The lowest BCUT2D eigenvalue weighted by Crippen LogP contribution is -2.16. The van der Waals surface area contributed by atoms with Crippen LogP contribution in [0.25, 0.3) is 0 Å². The summed E-state index contributed by atoms with van der Waals surface area (Å²) in [4.78, 5) is 0. The summed E-state index contributed by atoms with van der Waals surface area (Å²) in [5.41, 5.74) is 1.56. The maximum absolute atomic E-state index is 9.61. The SMILES string of the molecule is C=CC(O)CC[C@](C)(/C=C/CC)CCC=C(C)C. The second-order valence-corrected chi connectivity index (χ2v) is 5.63. The highest BCUT2D eigenvalue weighted by atomic mass is 16.3. The molecule has 0 aliphatic carbocycles. The third-order valence-electron chi connectivity index (χ3n) is 3.31. The van der Waals surface area contributed by atoms with Gasteiger partial charge in [-0.25, -0.2) is 0 Å². The lowest BCUT2D eigenvalue weighted by atomic mass is 9.79. The van der Waals surface area contributed by atoms with Gasteiger partial charge in [0.25, 0.3) is 0 Å². The molecule has 0 aromatic carbocycles. The minimum atomic E-state index is -0.372. The molecule has 1 unspecified atom stereocenters. The zero-order chi connectivity index (χ0) is 14.0. The van der Waals surface area contributed by atoms with Crippen LogP contribution in [0.15, 0.2) is 36.5 Å². The van der Waals surface area contributed by atoms with Crippen molar-refractivity contribution in [3.8, 4) is 0 Å². The van der Waals surface area contributed by atoms with Crippen LogP contribution in [-0.2, 0) is 0 Å². The molecule has 0 saturated carbocycles. The van der Waals surface area contributed by atoms with Crippen molar-refractivity contribution in [3.63, 3.8) is 0 Å². The van der Waals surface area contributed by atoms with E-state index in [4.69, 9.17) is 0 Å². The molecule has 18 heavy (non-hydrogen) atoms. The topological polar surface area (TPSA) is 20.2 Å². The second kappa shape index (κ2) is 9.16. The first-order valence-electron chi connectivity index (χ1n) is 7.05. The van der Waals surface area contributed by atoms with Crippen LogP contribution < -0.4 is 0 Å².